The summed E-state index contributed by atoms with van der Waals surface area (Å²) in [4.78, 5) is 2.03. The van der Waals surface area contributed by atoms with Gasteiger partial charge in [0.2, 0.25) is 0 Å². The van der Waals surface area contributed by atoms with Gasteiger partial charge in [-0.25, -0.2) is 0 Å². The van der Waals surface area contributed by atoms with E-state index < -0.39 is 0 Å². The summed E-state index contributed by atoms with van der Waals surface area (Å²) < 4.78 is 5.84. The average Bonchev–Trinajstić information content (AvgIpc) is 2.42. The van der Waals surface area contributed by atoms with E-state index >= 15 is 0 Å². The van der Waals surface area contributed by atoms with Crippen molar-refractivity contribution in [3.8, 4) is 5.75 Å². The quantitative estimate of drug-likeness (QED) is 0.548. The fourth-order valence-electron chi connectivity index (χ4n) is 2.09. The lowest BCUT2D eigenvalue weighted by atomic mass is 10.1. The Kier molecular flexibility index (Phi) is 11.4. The molecule has 122 valence electrons. The Bertz CT molecular complexity index is 388. The van der Waals surface area contributed by atoms with Gasteiger partial charge in [-0.05, 0) is 19.4 Å². The fraction of sp³-hybridized carbons (Fsp3) is 0.625. The number of aliphatic hydroxyl groups is 2. The van der Waals surface area contributed by atoms with E-state index in [9.17, 15) is 0 Å². The van der Waals surface area contributed by atoms with Gasteiger partial charge in [0.15, 0.2) is 0 Å². The van der Waals surface area contributed by atoms with Gasteiger partial charge < -0.3 is 27.4 Å². The Labute approximate surface area is 135 Å². The summed E-state index contributed by atoms with van der Waals surface area (Å²) in [6.07, 6.45) is 2.16. The van der Waals surface area contributed by atoms with Crippen LogP contribution in [-0.2, 0) is 6.54 Å². The van der Waals surface area contributed by atoms with E-state index in [1.807, 2.05) is 17.0 Å². The Hall–Kier alpha value is -0.810. The third-order valence-corrected chi connectivity index (χ3v) is 3.20. The van der Waals surface area contributed by atoms with Gasteiger partial charge >= 0.3 is 1.43 Å². The Balaban J connectivity index is 0. The van der Waals surface area contributed by atoms with Crippen molar-refractivity contribution in [1.82, 2.24) is 4.90 Å². The Morgan fingerprint density at radius 2 is 1.86 bits per heavy atom. The highest BCUT2D eigenvalue weighted by atomic mass is 35.5. The Morgan fingerprint density at radius 1 is 1.19 bits per heavy atom. The van der Waals surface area contributed by atoms with Crippen molar-refractivity contribution in [1.29, 1.82) is 0 Å². The standard InChI is InChI=1S/C16H27NO3.ClH/c1-3-4-11-20-16-6-5-14(2)12-15(16)13-17(7-9-18)8-10-19;/h5-6,12,18-19H,3-4,7-11,13H2,1-2H3;1H. The highest BCUT2D eigenvalue weighted by Gasteiger charge is 2.10. The van der Waals surface area contributed by atoms with Crippen LogP contribution in [0.3, 0.4) is 0 Å². The van der Waals surface area contributed by atoms with Gasteiger partial charge in [0.1, 0.15) is 5.75 Å². The minimum Gasteiger partial charge on any atom is -1.00 e. The van der Waals surface area contributed by atoms with Crippen molar-refractivity contribution in [2.45, 2.75) is 33.2 Å². The maximum atomic E-state index is 9.08. The summed E-state index contributed by atoms with van der Waals surface area (Å²) >= 11 is 0. The zero-order chi connectivity index (χ0) is 14.8. The first-order valence-electron chi connectivity index (χ1n) is 7.37. The molecule has 5 heteroatoms. The number of nitrogens with zero attached hydrogens (tertiary/aromatic N) is 1. The monoisotopic (exact) mass is 317 g/mol. The number of unbranched alkanes of at least 4 members (excludes halogenated alkanes) is 1. The molecule has 21 heavy (non-hydrogen) atoms. The summed E-state index contributed by atoms with van der Waals surface area (Å²) in [5, 5.41) is 18.2. The molecule has 0 heterocycles. The zero-order valence-electron chi connectivity index (χ0n) is 14.0. The van der Waals surface area contributed by atoms with Gasteiger partial charge in [0.25, 0.3) is 0 Å². The summed E-state index contributed by atoms with van der Waals surface area (Å²) in [6.45, 7) is 6.92. The maximum Gasteiger partial charge on any atom is 1.00 e. The molecule has 0 aliphatic heterocycles. The molecule has 1 aromatic rings. The summed E-state index contributed by atoms with van der Waals surface area (Å²) in [5.41, 5.74) is 2.30. The lowest BCUT2D eigenvalue weighted by Gasteiger charge is -2.22. The van der Waals surface area contributed by atoms with Crippen molar-refractivity contribution in [2.24, 2.45) is 0 Å². The molecule has 0 saturated carbocycles. The molecule has 4 nitrogen and oxygen atoms in total. The van der Waals surface area contributed by atoms with Crippen LogP contribution in [0, 0.1) is 6.92 Å². The molecule has 0 unspecified atom stereocenters. The normalized spacial score (nSPS) is 10.5. The average molecular weight is 318 g/mol. The first-order valence-corrected chi connectivity index (χ1v) is 7.37. The second kappa shape index (κ2) is 11.8. The lowest BCUT2D eigenvalue weighted by molar-refractivity contribution is -0.00000745. The number of ether oxygens (including phenoxy) is 1. The highest BCUT2D eigenvalue weighted by molar-refractivity contribution is 5.36. The molecule has 0 aliphatic carbocycles. The van der Waals surface area contributed by atoms with E-state index in [1.165, 1.54) is 5.56 Å². The summed E-state index contributed by atoms with van der Waals surface area (Å²) in [6, 6.07) is 6.17. The van der Waals surface area contributed by atoms with Gasteiger partial charge in [0, 0.05) is 25.2 Å². The summed E-state index contributed by atoms with van der Waals surface area (Å²) in [7, 11) is 0. The molecule has 0 bridgehead atoms. The van der Waals surface area contributed by atoms with Crippen molar-refractivity contribution in [3.63, 3.8) is 0 Å². The van der Waals surface area contributed by atoms with Crippen LogP contribution in [0.2, 0.25) is 0 Å². The van der Waals surface area contributed by atoms with E-state index in [4.69, 9.17) is 14.9 Å². The third-order valence-electron chi connectivity index (χ3n) is 3.20. The van der Waals surface area contributed by atoms with Crippen molar-refractivity contribution >= 4 is 0 Å². The molecule has 0 atom stereocenters. The van der Waals surface area contributed by atoms with Crippen LogP contribution in [0.5, 0.6) is 5.75 Å². The maximum absolute atomic E-state index is 9.08. The number of hydrogen-bond donors (Lipinski definition) is 2. The number of benzene rings is 1. The number of rotatable bonds is 10. The molecule has 0 aromatic heterocycles. The van der Waals surface area contributed by atoms with Gasteiger partial charge in [-0.1, -0.05) is 31.0 Å². The lowest BCUT2D eigenvalue weighted by Crippen LogP contribution is -3.00. The predicted octanol–water partition coefficient (Wildman–Crippen LogP) is -0.923. The highest BCUT2D eigenvalue weighted by Crippen LogP contribution is 2.22. The zero-order valence-corrected chi connectivity index (χ0v) is 13.8. The minimum atomic E-state index is 0. The van der Waals surface area contributed by atoms with Crippen LogP contribution in [0.25, 0.3) is 0 Å². The minimum absolute atomic E-state index is 0. The van der Waals surface area contributed by atoms with E-state index in [0.29, 0.717) is 19.6 Å². The predicted molar refractivity (Wildman–Crippen MR) is 82.1 cm³/mol. The van der Waals surface area contributed by atoms with Crippen molar-refractivity contribution < 1.29 is 28.8 Å². The van der Waals surface area contributed by atoms with Crippen LogP contribution in [0.4, 0.5) is 0 Å². The smallest absolute Gasteiger partial charge is 1.00 e. The first kappa shape index (κ1) is 20.2. The third kappa shape index (κ3) is 7.67. The van der Waals surface area contributed by atoms with E-state index in [-0.39, 0.29) is 27.0 Å². The largest absolute Gasteiger partial charge is 1.00 e. The SMILES string of the molecule is CCCCOc1ccc(C)cc1CN(CCO)CCO.[Cl-].[H+]. The van der Waals surface area contributed by atoms with Gasteiger partial charge in [-0.2, -0.15) is 0 Å². The topological polar surface area (TPSA) is 52.9 Å². The molecule has 0 spiro atoms. The van der Waals surface area contributed by atoms with E-state index in [1.54, 1.807) is 0 Å². The van der Waals surface area contributed by atoms with E-state index in [2.05, 4.69) is 19.9 Å². The molecular weight excluding hydrogens is 290 g/mol. The van der Waals surface area contributed by atoms with Gasteiger partial charge in [0.05, 0.1) is 19.8 Å². The molecule has 0 radical (unpaired) electrons. The van der Waals surface area contributed by atoms with Crippen LogP contribution >= 0.6 is 0 Å². The van der Waals surface area contributed by atoms with Gasteiger partial charge in [-0.3, -0.25) is 4.90 Å². The van der Waals surface area contributed by atoms with Gasteiger partial charge in [-0.15, -0.1) is 0 Å². The molecular formula is C16H28ClNO3. The number of hydrogen-bond acceptors (Lipinski definition) is 4. The van der Waals surface area contributed by atoms with Crippen molar-refractivity contribution in [2.75, 3.05) is 32.9 Å². The number of aliphatic hydroxyl groups excluding tert-OH is 2. The van der Waals surface area contributed by atoms with Crippen LogP contribution in [0.15, 0.2) is 18.2 Å². The number of halogens is 1. The molecule has 0 saturated heterocycles. The molecule has 1 aromatic carbocycles. The molecule has 2 N–H and O–H groups in total. The molecule has 0 aliphatic rings. The first-order chi connectivity index (χ1) is 9.71. The Morgan fingerprint density at radius 3 is 2.43 bits per heavy atom. The summed E-state index contributed by atoms with van der Waals surface area (Å²) in [5.74, 6) is 0.907. The van der Waals surface area contributed by atoms with Crippen LogP contribution in [-0.4, -0.2) is 48.0 Å². The van der Waals surface area contributed by atoms with Crippen LogP contribution < -0.4 is 17.1 Å². The molecule has 0 fully saturated rings. The van der Waals surface area contributed by atoms with E-state index in [0.717, 1.165) is 30.8 Å². The number of aryl methyl sites for hydroxylation is 1. The fourth-order valence-corrected chi connectivity index (χ4v) is 2.09. The molecule has 0 amide bonds. The van der Waals surface area contributed by atoms with Crippen LogP contribution in [0.1, 0.15) is 32.3 Å². The molecule has 1 rings (SSSR count). The second-order valence-electron chi connectivity index (χ2n) is 5.04. The van der Waals surface area contributed by atoms with Crippen molar-refractivity contribution in [3.05, 3.63) is 29.3 Å². The second-order valence-corrected chi connectivity index (χ2v) is 5.04.